The summed E-state index contributed by atoms with van der Waals surface area (Å²) in [6.45, 7) is 0. The summed E-state index contributed by atoms with van der Waals surface area (Å²) in [6, 6.07) is 8.63. The zero-order valence-electron chi connectivity index (χ0n) is 10.3. The Balaban J connectivity index is 2.09. The first-order chi connectivity index (χ1) is 9.47. The summed E-state index contributed by atoms with van der Waals surface area (Å²) >= 11 is 3.24. The minimum Gasteiger partial charge on any atom is -0.398 e. The van der Waals surface area contributed by atoms with Crippen molar-refractivity contribution >= 4 is 33.2 Å². The van der Waals surface area contributed by atoms with Gasteiger partial charge < -0.3 is 11.1 Å². The number of benzene rings is 2. The van der Waals surface area contributed by atoms with Crippen molar-refractivity contribution < 1.29 is 13.6 Å². The monoisotopic (exact) mass is 340 g/mol. The van der Waals surface area contributed by atoms with Crippen LogP contribution >= 0.6 is 15.9 Å². The lowest BCUT2D eigenvalue weighted by atomic mass is 10.1. The van der Waals surface area contributed by atoms with Crippen molar-refractivity contribution in [2.45, 2.75) is 6.42 Å². The molecule has 0 aliphatic rings. The van der Waals surface area contributed by atoms with E-state index >= 15 is 0 Å². The maximum atomic E-state index is 13.4. The minimum atomic E-state index is -0.999. The van der Waals surface area contributed by atoms with Gasteiger partial charge in [0, 0.05) is 21.4 Å². The van der Waals surface area contributed by atoms with Crippen LogP contribution in [0.4, 0.5) is 20.2 Å². The molecule has 0 saturated carbocycles. The molecule has 0 unspecified atom stereocenters. The third-order valence-corrected chi connectivity index (χ3v) is 3.35. The van der Waals surface area contributed by atoms with Crippen molar-refractivity contribution in [1.82, 2.24) is 0 Å². The summed E-state index contributed by atoms with van der Waals surface area (Å²) in [5.41, 5.74) is 6.70. The lowest BCUT2D eigenvalue weighted by Gasteiger charge is -2.08. The van der Waals surface area contributed by atoms with Crippen LogP contribution in [0, 0.1) is 11.6 Å². The fourth-order valence-electron chi connectivity index (χ4n) is 1.67. The molecule has 3 nitrogen and oxygen atoms in total. The standard InChI is InChI=1S/C14H11BrF2N2O/c15-10-7-9(4-5-12(10)18)19-13(20)6-8-2-1-3-11(16)14(8)17/h1-5,7H,6,18H2,(H,19,20). The molecular weight excluding hydrogens is 330 g/mol. The van der Waals surface area contributed by atoms with Gasteiger partial charge in [0.25, 0.3) is 0 Å². The van der Waals surface area contributed by atoms with E-state index in [0.29, 0.717) is 15.8 Å². The van der Waals surface area contributed by atoms with E-state index in [9.17, 15) is 13.6 Å². The van der Waals surface area contributed by atoms with Gasteiger partial charge in [0.15, 0.2) is 11.6 Å². The molecule has 2 rings (SSSR count). The number of nitrogen functional groups attached to an aromatic ring is 1. The van der Waals surface area contributed by atoms with Crippen LogP contribution in [0.25, 0.3) is 0 Å². The molecule has 6 heteroatoms. The molecule has 0 aromatic heterocycles. The fraction of sp³-hybridized carbons (Fsp3) is 0.0714. The van der Waals surface area contributed by atoms with Crippen molar-refractivity contribution in [3.63, 3.8) is 0 Å². The van der Waals surface area contributed by atoms with Gasteiger partial charge in [-0.3, -0.25) is 4.79 Å². The smallest absolute Gasteiger partial charge is 0.228 e. The van der Waals surface area contributed by atoms with Gasteiger partial charge in [-0.25, -0.2) is 8.78 Å². The van der Waals surface area contributed by atoms with E-state index in [-0.39, 0.29) is 12.0 Å². The topological polar surface area (TPSA) is 55.1 Å². The van der Waals surface area contributed by atoms with Crippen molar-refractivity contribution in [2.75, 3.05) is 11.1 Å². The summed E-state index contributed by atoms with van der Waals surface area (Å²) in [5, 5.41) is 2.59. The Morgan fingerprint density at radius 2 is 2.00 bits per heavy atom. The van der Waals surface area contributed by atoms with Crippen LogP contribution in [0.1, 0.15) is 5.56 Å². The number of carbonyl (C=O) groups excluding carboxylic acids is 1. The van der Waals surface area contributed by atoms with Crippen LogP contribution in [0.3, 0.4) is 0 Å². The summed E-state index contributed by atoms with van der Waals surface area (Å²) in [7, 11) is 0. The van der Waals surface area contributed by atoms with Crippen molar-refractivity contribution in [3.8, 4) is 0 Å². The third-order valence-electron chi connectivity index (χ3n) is 2.67. The van der Waals surface area contributed by atoms with Crippen molar-refractivity contribution in [3.05, 3.63) is 58.1 Å². The van der Waals surface area contributed by atoms with Gasteiger partial charge in [0.1, 0.15) is 0 Å². The average Bonchev–Trinajstić information content (AvgIpc) is 2.39. The predicted molar refractivity (Wildman–Crippen MR) is 77.2 cm³/mol. The van der Waals surface area contributed by atoms with E-state index in [1.54, 1.807) is 18.2 Å². The van der Waals surface area contributed by atoms with Crippen LogP contribution in [0.5, 0.6) is 0 Å². The van der Waals surface area contributed by atoms with E-state index in [1.165, 1.54) is 12.1 Å². The molecule has 2 aromatic carbocycles. The zero-order valence-corrected chi connectivity index (χ0v) is 11.9. The number of hydrogen-bond donors (Lipinski definition) is 2. The van der Waals surface area contributed by atoms with E-state index in [0.717, 1.165) is 6.07 Å². The molecule has 0 atom stereocenters. The Kier molecular flexibility index (Phi) is 4.34. The van der Waals surface area contributed by atoms with Gasteiger partial charge >= 0.3 is 0 Å². The molecule has 0 aliphatic carbocycles. The number of nitrogens with one attached hydrogen (secondary N) is 1. The second-order valence-corrected chi connectivity index (χ2v) is 5.03. The van der Waals surface area contributed by atoms with Crippen LogP contribution in [0.2, 0.25) is 0 Å². The highest BCUT2D eigenvalue weighted by Crippen LogP contribution is 2.23. The number of anilines is 2. The lowest BCUT2D eigenvalue weighted by Crippen LogP contribution is -2.15. The quantitative estimate of drug-likeness (QED) is 0.840. The molecule has 0 saturated heterocycles. The van der Waals surface area contributed by atoms with Gasteiger partial charge in [-0.15, -0.1) is 0 Å². The largest absolute Gasteiger partial charge is 0.398 e. The molecule has 1 amide bonds. The molecule has 0 heterocycles. The van der Waals surface area contributed by atoms with Crippen molar-refractivity contribution in [2.24, 2.45) is 0 Å². The van der Waals surface area contributed by atoms with E-state index in [2.05, 4.69) is 21.2 Å². The normalized spacial score (nSPS) is 10.3. The first-order valence-corrected chi connectivity index (χ1v) is 6.54. The Morgan fingerprint density at radius 3 is 2.70 bits per heavy atom. The minimum absolute atomic E-state index is 0.0111. The van der Waals surface area contributed by atoms with Gasteiger partial charge in [0.05, 0.1) is 6.42 Å². The van der Waals surface area contributed by atoms with Gasteiger partial charge in [0.2, 0.25) is 5.91 Å². The highest BCUT2D eigenvalue weighted by molar-refractivity contribution is 9.10. The van der Waals surface area contributed by atoms with Gasteiger partial charge in [-0.05, 0) is 40.2 Å². The Bertz CT molecular complexity index is 662. The molecule has 2 aromatic rings. The number of carbonyl (C=O) groups is 1. The molecule has 0 spiro atoms. The average molecular weight is 341 g/mol. The van der Waals surface area contributed by atoms with E-state index < -0.39 is 17.5 Å². The Labute approximate surface area is 122 Å². The van der Waals surface area contributed by atoms with Crippen LogP contribution in [-0.2, 0) is 11.2 Å². The van der Waals surface area contributed by atoms with Gasteiger partial charge in [-0.2, -0.15) is 0 Å². The molecule has 0 fully saturated rings. The van der Waals surface area contributed by atoms with E-state index in [1.807, 2.05) is 0 Å². The fourth-order valence-corrected chi connectivity index (χ4v) is 2.05. The highest BCUT2D eigenvalue weighted by Gasteiger charge is 2.12. The highest BCUT2D eigenvalue weighted by atomic mass is 79.9. The third kappa shape index (κ3) is 3.33. The predicted octanol–water partition coefficient (Wildman–Crippen LogP) is 3.49. The SMILES string of the molecule is Nc1ccc(NC(=O)Cc2cccc(F)c2F)cc1Br. The number of amides is 1. The summed E-state index contributed by atoms with van der Waals surface area (Å²) < 4.78 is 27.1. The first-order valence-electron chi connectivity index (χ1n) is 5.75. The summed E-state index contributed by atoms with van der Waals surface area (Å²) in [5.74, 6) is -2.40. The van der Waals surface area contributed by atoms with Crippen LogP contribution in [0.15, 0.2) is 40.9 Å². The first kappa shape index (κ1) is 14.5. The van der Waals surface area contributed by atoms with Crippen LogP contribution < -0.4 is 11.1 Å². The number of hydrogen-bond acceptors (Lipinski definition) is 2. The Morgan fingerprint density at radius 1 is 1.25 bits per heavy atom. The summed E-state index contributed by atoms with van der Waals surface area (Å²) in [4.78, 5) is 11.8. The second kappa shape index (κ2) is 6.00. The maximum Gasteiger partial charge on any atom is 0.228 e. The summed E-state index contributed by atoms with van der Waals surface area (Å²) in [6.07, 6.45) is -0.244. The van der Waals surface area contributed by atoms with Crippen LogP contribution in [-0.4, -0.2) is 5.91 Å². The molecule has 0 aliphatic heterocycles. The molecule has 0 bridgehead atoms. The van der Waals surface area contributed by atoms with E-state index in [4.69, 9.17) is 5.73 Å². The number of halogens is 3. The molecule has 104 valence electrons. The Hall–Kier alpha value is -1.95. The van der Waals surface area contributed by atoms with Gasteiger partial charge in [-0.1, -0.05) is 12.1 Å². The molecular formula is C14H11BrF2N2O. The lowest BCUT2D eigenvalue weighted by molar-refractivity contribution is -0.115. The second-order valence-electron chi connectivity index (χ2n) is 4.17. The molecule has 0 radical (unpaired) electrons. The molecule has 20 heavy (non-hydrogen) atoms. The zero-order chi connectivity index (χ0) is 14.7. The number of rotatable bonds is 3. The maximum absolute atomic E-state index is 13.4. The molecule has 3 N–H and O–H groups in total. The van der Waals surface area contributed by atoms with Crippen molar-refractivity contribution in [1.29, 1.82) is 0 Å². The number of nitrogens with two attached hydrogens (primary N) is 1.